The zero-order chi connectivity index (χ0) is 18.2. The smallest absolute Gasteiger partial charge is 0.202 e. The van der Waals surface area contributed by atoms with Crippen LogP contribution in [0.25, 0.3) is 0 Å². The first-order valence-electron chi connectivity index (χ1n) is 7.63. The maximum Gasteiger partial charge on any atom is 0.266 e. The first kappa shape index (κ1) is 21.6. The van der Waals surface area contributed by atoms with Crippen molar-refractivity contribution in [3.05, 3.63) is 70.4 Å². The molecule has 0 nitrogen and oxygen atoms in total. The first-order chi connectivity index (χ1) is 10.6. The molecule has 0 fully saturated rings. The van der Waals surface area contributed by atoms with Crippen LogP contribution in [0.4, 0.5) is 8.78 Å². The topological polar surface area (TPSA) is 0 Å². The van der Waals surface area contributed by atoms with Crippen LogP contribution >= 0.6 is 11.6 Å². The monoisotopic (exact) mass is 340 g/mol. The predicted octanol–water partition coefficient (Wildman–Crippen LogP) is 7.52. The lowest BCUT2D eigenvalue weighted by Crippen LogP contribution is -2.14. The van der Waals surface area contributed by atoms with Gasteiger partial charge in [0.2, 0.25) is 0 Å². The fourth-order valence-electron chi connectivity index (χ4n) is 2.01. The van der Waals surface area contributed by atoms with Gasteiger partial charge in [0.1, 0.15) is 0 Å². The third-order valence-electron chi connectivity index (χ3n) is 3.73. The van der Waals surface area contributed by atoms with Crippen molar-refractivity contribution in [1.29, 1.82) is 0 Å². The fraction of sp³-hybridized carbons (Fsp3) is 0.400. The Bertz CT molecular complexity index is 567. The maximum absolute atomic E-state index is 13.9. The highest BCUT2D eigenvalue weighted by molar-refractivity contribution is 6.30. The minimum Gasteiger partial charge on any atom is -0.202 e. The molecule has 0 rings (SSSR count). The first-order valence-corrected chi connectivity index (χ1v) is 8.01. The Hall–Kier alpha value is -1.41. The van der Waals surface area contributed by atoms with E-state index in [4.69, 9.17) is 11.6 Å². The van der Waals surface area contributed by atoms with E-state index in [-0.39, 0.29) is 12.0 Å². The van der Waals surface area contributed by atoms with Gasteiger partial charge in [-0.2, -0.15) is 0 Å². The molecular formula is C20H27ClF2. The zero-order valence-corrected chi connectivity index (χ0v) is 15.5. The summed E-state index contributed by atoms with van der Waals surface area (Å²) in [5.41, 5.74) is 3.32. The molecule has 0 radical (unpaired) electrons. The second-order valence-electron chi connectivity index (χ2n) is 5.56. The Kier molecular flexibility index (Phi) is 9.07. The molecule has 0 bridgehead atoms. The molecule has 0 N–H and O–H groups in total. The van der Waals surface area contributed by atoms with Crippen molar-refractivity contribution >= 4 is 11.6 Å². The summed E-state index contributed by atoms with van der Waals surface area (Å²) in [6, 6.07) is 0. The summed E-state index contributed by atoms with van der Waals surface area (Å²) in [7, 11) is 0. The summed E-state index contributed by atoms with van der Waals surface area (Å²) in [5, 5.41) is 0.574. The third-order valence-corrected chi connectivity index (χ3v) is 4.20. The average Bonchev–Trinajstić information content (AvgIpc) is 2.47. The van der Waals surface area contributed by atoms with Gasteiger partial charge in [0, 0.05) is 12.0 Å². The molecule has 0 aromatic heterocycles. The largest absolute Gasteiger partial charge is 0.266 e. The van der Waals surface area contributed by atoms with E-state index in [0.717, 1.165) is 29.2 Å². The molecule has 0 aromatic carbocycles. The van der Waals surface area contributed by atoms with E-state index >= 15 is 0 Å². The third kappa shape index (κ3) is 7.13. The van der Waals surface area contributed by atoms with Gasteiger partial charge in [-0.15, -0.1) is 0 Å². The Morgan fingerprint density at radius 1 is 1.09 bits per heavy atom. The molecule has 0 aliphatic carbocycles. The van der Waals surface area contributed by atoms with E-state index in [1.807, 2.05) is 33.8 Å². The van der Waals surface area contributed by atoms with Crippen molar-refractivity contribution in [3.8, 4) is 0 Å². The van der Waals surface area contributed by atoms with E-state index < -0.39 is 5.92 Å². The van der Waals surface area contributed by atoms with Crippen LogP contribution in [0.1, 0.15) is 47.5 Å². The summed E-state index contributed by atoms with van der Waals surface area (Å²) in [5.74, 6) is -2.90. The summed E-state index contributed by atoms with van der Waals surface area (Å²) < 4.78 is 27.9. The molecule has 128 valence electrons. The number of allylic oxidation sites excluding steroid dienone is 10. The molecular weight excluding hydrogens is 314 g/mol. The van der Waals surface area contributed by atoms with E-state index in [2.05, 4.69) is 13.2 Å². The van der Waals surface area contributed by atoms with Crippen LogP contribution in [0.5, 0.6) is 0 Å². The molecule has 0 saturated heterocycles. The van der Waals surface area contributed by atoms with Gasteiger partial charge < -0.3 is 0 Å². The summed E-state index contributed by atoms with van der Waals surface area (Å²) in [6.45, 7) is 15.8. The van der Waals surface area contributed by atoms with Crippen LogP contribution in [-0.2, 0) is 0 Å². The van der Waals surface area contributed by atoms with Gasteiger partial charge in [-0.05, 0) is 68.9 Å². The number of halogens is 3. The van der Waals surface area contributed by atoms with E-state index in [1.165, 1.54) is 6.08 Å². The average molecular weight is 341 g/mol. The van der Waals surface area contributed by atoms with Gasteiger partial charge in [0.25, 0.3) is 5.92 Å². The molecule has 0 atom stereocenters. The number of rotatable bonds is 8. The van der Waals surface area contributed by atoms with Crippen LogP contribution in [0, 0.1) is 0 Å². The highest BCUT2D eigenvalue weighted by atomic mass is 35.5. The lowest BCUT2D eigenvalue weighted by molar-refractivity contribution is 0.0596. The normalized spacial score (nSPS) is 15.4. The summed E-state index contributed by atoms with van der Waals surface area (Å²) in [6.07, 6.45) is 7.42. The maximum atomic E-state index is 13.9. The lowest BCUT2D eigenvalue weighted by Gasteiger charge is -2.17. The van der Waals surface area contributed by atoms with Gasteiger partial charge in [-0.3, -0.25) is 0 Å². The molecule has 3 heteroatoms. The van der Waals surface area contributed by atoms with Crippen molar-refractivity contribution in [1.82, 2.24) is 0 Å². The number of alkyl halides is 2. The van der Waals surface area contributed by atoms with Crippen molar-refractivity contribution < 1.29 is 8.78 Å². The van der Waals surface area contributed by atoms with Gasteiger partial charge in [-0.25, -0.2) is 8.78 Å². The fourth-order valence-corrected chi connectivity index (χ4v) is 2.26. The minimum absolute atomic E-state index is 0.0551. The highest BCUT2D eigenvalue weighted by Crippen LogP contribution is 2.32. The molecule has 0 unspecified atom stereocenters. The molecule has 0 aliphatic heterocycles. The molecule has 0 amide bonds. The number of hydrogen-bond donors (Lipinski definition) is 0. The number of hydrogen-bond acceptors (Lipinski definition) is 0. The summed E-state index contributed by atoms with van der Waals surface area (Å²) >= 11 is 6.21. The van der Waals surface area contributed by atoms with E-state index in [1.54, 1.807) is 12.2 Å². The van der Waals surface area contributed by atoms with Crippen molar-refractivity contribution in [3.63, 3.8) is 0 Å². The molecule has 23 heavy (non-hydrogen) atoms. The van der Waals surface area contributed by atoms with E-state index in [9.17, 15) is 8.78 Å². The van der Waals surface area contributed by atoms with Crippen LogP contribution < -0.4 is 0 Å². The quantitative estimate of drug-likeness (QED) is 0.401. The van der Waals surface area contributed by atoms with Crippen LogP contribution in [0.15, 0.2) is 70.4 Å². The predicted molar refractivity (Wildman–Crippen MR) is 99.0 cm³/mol. The minimum atomic E-state index is -2.90. The Morgan fingerprint density at radius 2 is 1.61 bits per heavy atom. The Labute approximate surface area is 144 Å². The molecule has 0 saturated carbocycles. The molecule has 0 aromatic rings. The van der Waals surface area contributed by atoms with Crippen molar-refractivity contribution in [2.45, 2.75) is 53.4 Å². The van der Waals surface area contributed by atoms with Crippen molar-refractivity contribution in [2.24, 2.45) is 0 Å². The second-order valence-corrected chi connectivity index (χ2v) is 6.02. The van der Waals surface area contributed by atoms with Gasteiger partial charge in [-0.1, -0.05) is 48.6 Å². The van der Waals surface area contributed by atoms with E-state index in [0.29, 0.717) is 11.5 Å². The van der Waals surface area contributed by atoms with Crippen LogP contribution in [0.3, 0.4) is 0 Å². The Morgan fingerprint density at radius 3 is 1.96 bits per heavy atom. The second kappa shape index (κ2) is 9.67. The molecule has 0 spiro atoms. The van der Waals surface area contributed by atoms with Crippen LogP contribution in [0.2, 0.25) is 0 Å². The molecule has 0 aliphatic rings. The lowest BCUT2D eigenvalue weighted by atomic mass is 9.96. The highest BCUT2D eigenvalue weighted by Gasteiger charge is 2.27. The standard InChI is InChI=1S/C20H27ClF2/c1-8-16(9-2)17(10-3)13-18(20(7,22)23)11-12-19(21)15(6)14(4)5/h8-10,13H,1,4,11-12H2,2-3,5-7H3/b16-9+,17-10+,18-13+,19-15-. The van der Waals surface area contributed by atoms with Gasteiger partial charge in [0.05, 0.1) is 0 Å². The van der Waals surface area contributed by atoms with Gasteiger partial charge in [0.15, 0.2) is 0 Å². The van der Waals surface area contributed by atoms with Crippen molar-refractivity contribution in [2.75, 3.05) is 0 Å². The molecule has 0 heterocycles. The SMILES string of the molecule is C=CC(=C\C)/C(=C/C)/C=C(\CC/C(Cl)=C(\C)C(=C)C)C(C)(F)F. The van der Waals surface area contributed by atoms with Gasteiger partial charge >= 0.3 is 0 Å². The zero-order valence-electron chi connectivity index (χ0n) is 14.8. The Balaban J connectivity index is 5.58. The summed E-state index contributed by atoms with van der Waals surface area (Å²) in [4.78, 5) is 0. The van der Waals surface area contributed by atoms with Crippen LogP contribution in [-0.4, -0.2) is 5.92 Å².